The van der Waals surface area contributed by atoms with E-state index >= 15 is 0 Å². The zero-order valence-corrected chi connectivity index (χ0v) is 13.5. The van der Waals surface area contributed by atoms with E-state index in [2.05, 4.69) is 18.2 Å². The van der Waals surface area contributed by atoms with Crippen LogP contribution in [0.25, 0.3) is 10.8 Å². The van der Waals surface area contributed by atoms with Crippen molar-refractivity contribution in [2.75, 3.05) is 11.4 Å². The Hall–Kier alpha value is -2.68. The molecule has 0 bridgehead atoms. The average molecular weight is 319 g/mol. The van der Waals surface area contributed by atoms with Crippen molar-refractivity contribution in [1.29, 1.82) is 0 Å². The van der Waals surface area contributed by atoms with Gasteiger partial charge in [0.2, 0.25) is 5.91 Å². The largest absolute Gasteiger partial charge is 0.312 e. The lowest BCUT2D eigenvalue weighted by molar-refractivity contribution is -0.119. The van der Waals surface area contributed by atoms with Crippen molar-refractivity contribution < 1.29 is 9.18 Å². The van der Waals surface area contributed by atoms with Crippen molar-refractivity contribution in [3.05, 3.63) is 77.6 Å². The second-order valence-corrected chi connectivity index (χ2v) is 6.17. The molecule has 0 saturated heterocycles. The molecule has 1 unspecified atom stereocenters. The molecule has 1 atom stereocenters. The van der Waals surface area contributed by atoms with Crippen LogP contribution in [0.5, 0.6) is 0 Å². The molecule has 3 heteroatoms. The van der Waals surface area contributed by atoms with Crippen LogP contribution < -0.4 is 4.90 Å². The molecule has 0 radical (unpaired) electrons. The molecule has 0 saturated carbocycles. The van der Waals surface area contributed by atoms with E-state index in [1.807, 2.05) is 30.0 Å². The number of anilines is 1. The third-order valence-electron chi connectivity index (χ3n) is 4.86. The van der Waals surface area contributed by atoms with Crippen LogP contribution in [-0.4, -0.2) is 12.5 Å². The molecule has 1 aliphatic rings. The first-order chi connectivity index (χ1) is 11.7. The van der Waals surface area contributed by atoms with Gasteiger partial charge in [-0.2, -0.15) is 0 Å². The third-order valence-corrected chi connectivity index (χ3v) is 4.86. The van der Waals surface area contributed by atoms with Crippen molar-refractivity contribution in [3.63, 3.8) is 0 Å². The zero-order chi connectivity index (χ0) is 16.7. The van der Waals surface area contributed by atoms with Gasteiger partial charge in [-0.1, -0.05) is 42.5 Å². The number of carbonyl (C=O) groups is 1. The number of benzene rings is 3. The van der Waals surface area contributed by atoms with Crippen molar-refractivity contribution in [2.24, 2.45) is 0 Å². The van der Waals surface area contributed by atoms with Gasteiger partial charge in [-0.05, 0) is 47.0 Å². The molecule has 0 aliphatic carbocycles. The van der Waals surface area contributed by atoms with Gasteiger partial charge in [0.05, 0.1) is 0 Å². The van der Waals surface area contributed by atoms with Crippen molar-refractivity contribution in [3.8, 4) is 0 Å². The smallest absolute Gasteiger partial charge is 0.227 e. The predicted molar refractivity (Wildman–Crippen MR) is 94.8 cm³/mol. The first-order valence-electron chi connectivity index (χ1n) is 8.26. The van der Waals surface area contributed by atoms with Crippen LogP contribution in [0, 0.1) is 5.82 Å². The lowest BCUT2D eigenvalue weighted by atomic mass is 9.81. The fraction of sp³-hybridized carbons (Fsp3) is 0.190. The summed E-state index contributed by atoms with van der Waals surface area (Å²) in [6.07, 6.45) is 0.417. The number of halogens is 1. The highest BCUT2D eigenvalue weighted by molar-refractivity contribution is 6.03. The summed E-state index contributed by atoms with van der Waals surface area (Å²) in [6.45, 7) is 2.65. The number of fused-ring (bicyclic) bond motifs is 3. The van der Waals surface area contributed by atoms with E-state index in [-0.39, 0.29) is 17.6 Å². The van der Waals surface area contributed by atoms with Crippen LogP contribution in [0.15, 0.2) is 60.7 Å². The Balaban J connectivity index is 1.99. The summed E-state index contributed by atoms with van der Waals surface area (Å²) in [5.41, 5.74) is 3.13. The summed E-state index contributed by atoms with van der Waals surface area (Å²) in [6, 6.07) is 18.9. The van der Waals surface area contributed by atoms with Crippen LogP contribution >= 0.6 is 0 Å². The molecule has 4 rings (SSSR count). The fourth-order valence-electron chi connectivity index (χ4n) is 3.73. The molecule has 120 valence electrons. The van der Waals surface area contributed by atoms with E-state index in [9.17, 15) is 9.18 Å². The van der Waals surface area contributed by atoms with E-state index in [4.69, 9.17) is 0 Å². The Morgan fingerprint density at radius 3 is 2.54 bits per heavy atom. The number of amides is 1. The molecule has 3 aromatic rings. The lowest BCUT2D eigenvalue weighted by Gasteiger charge is -2.34. The normalized spacial score (nSPS) is 17.2. The summed E-state index contributed by atoms with van der Waals surface area (Å²) in [5.74, 6) is -0.175. The summed E-state index contributed by atoms with van der Waals surface area (Å²) < 4.78 is 13.3. The Kier molecular flexibility index (Phi) is 3.57. The predicted octanol–water partition coefficient (Wildman–Crippen LogP) is 4.87. The van der Waals surface area contributed by atoms with Gasteiger partial charge < -0.3 is 4.90 Å². The van der Waals surface area contributed by atoms with Crippen LogP contribution in [0.2, 0.25) is 0 Å². The second-order valence-electron chi connectivity index (χ2n) is 6.17. The van der Waals surface area contributed by atoms with Gasteiger partial charge >= 0.3 is 0 Å². The van der Waals surface area contributed by atoms with E-state index in [0.717, 1.165) is 22.0 Å². The highest BCUT2D eigenvalue weighted by Gasteiger charge is 2.32. The molecular formula is C21H18FNO. The Labute approximate surface area is 140 Å². The van der Waals surface area contributed by atoms with Gasteiger partial charge in [0.25, 0.3) is 0 Å². The molecule has 0 aromatic heterocycles. The number of hydrogen-bond donors (Lipinski definition) is 0. The van der Waals surface area contributed by atoms with Gasteiger partial charge in [0.15, 0.2) is 0 Å². The minimum atomic E-state index is -0.255. The third kappa shape index (κ3) is 2.28. The molecule has 24 heavy (non-hydrogen) atoms. The maximum atomic E-state index is 13.3. The summed E-state index contributed by atoms with van der Waals surface area (Å²) >= 11 is 0. The van der Waals surface area contributed by atoms with Crippen LogP contribution in [0.4, 0.5) is 10.1 Å². The van der Waals surface area contributed by atoms with E-state index < -0.39 is 0 Å². The Bertz CT molecular complexity index is 917. The highest BCUT2D eigenvalue weighted by Crippen LogP contribution is 2.43. The molecule has 2 nitrogen and oxygen atoms in total. The van der Waals surface area contributed by atoms with Crippen molar-refractivity contribution in [1.82, 2.24) is 0 Å². The van der Waals surface area contributed by atoms with E-state index in [0.29, 0.717) is 13.0 Å². The molecule has 1 amide bonds. The molecule has 0 fully saturated rings. The van der Waals surface area contributed by atoms with Gasteiger partial charge in [0, 0.05) is 24.6 Å². The Morgan fingerprint density at radius 1 is 1.04 bits per heavy atom. The van der Waals surface area contributed by atoms with E-state index in [1.54, 1.807) is 12.1 Å². The van der Waals surface area contributed by atoms with E-state index in [1.165, 1.54) is 17.7 Å². The van der Waals surface area contributed by atoms with Crippen LogP contribution in [0.1, 0.15) is 30.4 Å². The summed E-state index contributed by atoms with van der Waals surface area (Å²) in [4.78, 5) is 14.5. The quantitative estimate of drug-likeness (QED) is 0.660. The first-order valence-corrected chi connectivity index (χ1v) is 8.26. The molecule has 0 spiro atoms. The van der Waals surface area contributed by atoms with Gasteiger partial charge in [-0.3, -0.25) is 4.79 Å². The van der Waals surface area contributed by atoms with Crippen LogP contribution in [0.3, 0.4) is 0 Å². The summed E-state index contributed by atoms with van der Waals surface area (Å²) in [7, 11) is 0. The maximum absolute atomic E-state index is 13.3. The van der Waals surface area contributed by atoms with Crippen molar-refractivity contribution >= 4 is 22.4 Å². The zero-order valence-electron chi connectivity index (χ0n) is 13.5. The van der Waals surface area contributed by atoms with Gasteiger partial charge in [-0.25, -0.2) is 4.39 Å². The van der Waals surface area contributed by atoms with Crippen LogP contribution in [-0.2, 0) is 4.79 Å². The number of nitrogens with zero attached hydrogens (tertiary/aromatic N) is 1. The standard InChI is InChI=1S/C21H18FNO/c1-2-23-19-12-9-14-5-3-4-6-17(14)21(19)18(13-20(23)24)15-7-10-16(22)11-8-15/h3-12,18H,2,13H2,1H3. The lowest BCUT2D eigenvalue weighted by Crippen LogP contribution is -2.36. The monoisotopic (exact) mass is 319 g/mol. The van der Waals surface area contributed by atoms with Gasteiger partial charge in [0.1, 0.15) is 5.82 Å². The molecule has 0 N–H and O–H groups in total. The summed E-state index contributed by atoms with van der Waals surface area (Å²) in [5, 5.41) is 2.32. The number of carbonyl (C=O) groups excluding carboxylic acids is 1. The van der Waals surface area contributed by atoms with Crippen molar-refractivity contribution in [2.45, 2.75) is 19.3 Å². The Morgan fingerprint density at radius 2 is 1.79 bits per heavy atom. The SMILES string of the molecule is CCN1C(=O)CC(c2ccc(F)cc2)c2c1ccc1ccccc21. The molecule has 3 aromatic carbocycles. The second kappa shape index (κ2) is 5.75. The molecule has 1 heterocycles. The number of hydrogen-bond acceptors (Lipinski definition) is 1. The number of rotatable bonds is 2. The maximum Gasteiger partial charge on any atom is 0.227 e. The molecule has 1 aliphatic heterocycles. The topological polar surface area (TPSA) is 20.3 Å². The molecular weight excluding hydrogens is 301 g/mol. The minimum absolute atomic E-state index is 0.0398. The first kappa shape index (κ1) is 14.9. The average Bonchev–Trinajstić information content (AvgIpc) is 2.61. The minimum Gasteiger partial charge on any atom is -0.312 e. The fourth-order valence-corrected chi connectivity index (χ4v) is 3.73. The van der Waals surface area contributed by atoms with Gasteiger partial charge in [-0.15, -0.1) is 0 Å². The highest BCUT2D eigenvalue weighted by atomic mass is 19.1.